The van der Waals surface area contributed by atoms with Gasteiger partial charge in [-0.25, -0.2) is 8.42 Å². The summed E-state index contributed by atoms with van der Waals surface area (Å²) in [6, 6.07) is 4.79. The highest BCUT2D eigenvalue weighted by molar-refractivity contribution is 7.89. The maximum absolute atomic E-state index is 13.2. The number of sulfonamides is 1. The summed E-state index contributed by atoms with van der Waals surface area (Å²) in [6.45, 7) is 6.65. The fourth-order valence-electron chi connectivity index (χ4n) is 4.10. The normalized spacial score (nSPS) is 26.3. The zero-order valence-electron chi connectivity index (χ0n) is 15.9. The van der Waals surface area contributed by atoms with Gasteiger partial charge in [-0.15, -0.1) is 0 Å². The molecule has 3 atom stereocenters. The van der Waals surface area contributed by atoms with Crippen molar-refractivity contribution in [1.82, 2.24) is 4.31 Å². The maximum Gasteiger partial charge on any atom is 0.243 e. The third kappa shape index (κ3) is 3.34. The molecule has 0 bridgehead atoms. The van der Waals surface area contributed by atoms with Crippen LogP contribution in [0.3, 0.4) is 0 Å². The lowest BCUT2D eigenvalue weighted by Crippen LogP contribution is -2.45. The van der Waals surface area contributed by atoms with Crippen molar-refractivity contribution in [1.29, 1.82) is 0 Å². The minimum atomic E-state index is -3.64. The molecule has 0 N–H and O–H groups in total. The fraction of sp³-hybridized carbons (Fsp3) is 0.632. The molecule has 1 aliphatic carbocycles. The Morgan fingerprint density at radius 3 is 2.69 bits per heavy atom. The van der Waals surface area contributed by atoms with Crippen LogP contribution >= 0.6 is 0 Å². The summed E-state index contributed by atoms with van der Waals surface area (Å²) in [4.78, 5) is 13.7. The Kier molecular flexibility index (Phi) is 5.30. The van der Waals surface area contributed by atoms with Crippen LogP contribution in [0.4, 0.5) is 5.69 Å². The van der Waals surface area contributed by atoms with Crippen molar-refractivity contribution >= 4 is 21.6 Å². The van der Waals surface area contributed by atoms with Gasteiger partial charge in [-0.3, -0.25) is 4.79 Å². The van der Waals surface area contributed by atoms with E-state index in [-0.39, 0.29) is 16.8 Å². The van der Waals surface area contributed by atoms with Crippen LogP contribution in [0, 0.1) is 11.8 Å². The van der Waals surface area contributed by atoms with Gasteiger partial charge in [-0.2, -0.15) is 4.31 Å². The predicted molar refractivity (Wildman–Crippen MR) is 101 cm³/mol. The van der Waals surface area contributed by atoms with Crippen LogP contribution in [0.5, 0.6) is 5.75 Å². The standard InChI is InChI=1S/C19H28N2O4S/c1-13-6-5-7-17(14(13)2)20(4)26(23,24)16-8-9-19-18(12-16)21(15(3)22)10-11-25-19/h8-9,12-14,17H,5-7,10-11H2,1-4H3/t13-,14+,17-/m1/s1. The van der Waals surface area contributed by atoms with Crippen molar-refractivity contribution in [2.24, 2.45) is 11.8 Å². The second kappa shape index (κ2) is 7.19. The molecule has 3 rings (SSSR count). The molecule has 6 nitrogen and oxygen atoms in total. The topological polar surface area (TPSA) is 66.9 Å². The van der Waals surface area contributed by atoms with Crippen LogP contribution in [0.15, 0.2) is 23.1 Å². The highest BCUT2D eigenvalue weighted by Gasteiger charge is 2.36. The van der Waals surface area contributed by atoms with Gasteiger partial charge in [0.25, 0.3) is 0 Å². The van der Waals surface area contributed by atoms with Gasteiger partial charge in [0.2, 0.25) is 15.9 Å². The molecule has 0 spiro atoms. The number of nitrogens with zero attached hydrogens (tertiary/aromatic N) is 2. The summed E-state index contributed by atoms with van der Waals surface area (Å²) < 4.78 is 33.6. The average molecular weight is 381 g/mol. The molecule has 1 amide bonds. The average Bonchev–Trinajstić information content (AvgIpc) is 2.62. The van der Waals surface area contributed by atoms with Crippen molar-refractivity contribution in [3.05, 3.63) is 18.2 Å². The van der Waals surface area contributed by atoms with E-state index in [0.717, 1.165) is 19.3 Å². The van der Waals surface area contributed by atoms with Crippen molar-refractivity contribution in [3.8, 4) is 5.75 Å². The molecular weight excluding hydrogens is 352 g/mol. The van der Waals surface area contributed by atoms with Gasteiger partial charge in [0.1, 0.15) is 12.4 Å². The minimum absolute atomic E-state index is 0.0000532. The van der Waals surface area contributed by atoms with Crippen LogP contribution in [0.25, 0.3) is 0 Å². The molecule has 0 unspecified atom stereocenters. The minimum Gasteiger partial charge on any atom is -0.490 e. The molecule has 144 valence electrons. The third-order valence-electron chi connectivity index (χ3n) is 5.98. The summed E-state index contributed by atoms with van der Waals surface area (Å²) in [5.74, 6) is 1.26. The van der Waals surface area contributed by atoms with Crippen LogP contribution < -0.4 is 9.64 Å². The van der Waals surface area contributed by atoms with E-state index in [9.17, 15) is 13.2 Å². The molecule has 2 aliphatic rings. The molecule has 26 heavy (non-hydrogen) atoms. The number of amides is 1. The zero-order chi connectivity index (χ0) is 19.1. The van der Waals surface area contributed by atoms with Gasteiger partial charge in [0, 0.05) is 20.0 Å². The molecule has 7 heteroatoms. The van der Waals surface area contributed by atoms with E-state index >= 15 is 0 Å². The van der Waals surface area contributed by atoms with E-state index in [0.29, 0.717) is 36.4 Å². The fourth-order valence-corrected chi connectivity index (χ4v) is 5.58. The number of rotatable bonds is 3. The van der Waals surface area contributed by atoms with E-state index in [1.54, 1.807) is 30.1 Å². The molecule has 0 radical (unpaired) electrons. The summed E-state index contributed by atoms with van der Waals surface area (Å²) in [6.07, 6.45) is 3.08. The van der Waals surface area contributed by atoms with E-state index < -0.39 is 10.0 Å². The highest BCUT2D eigenvalue weighted by atomic mass is 32.2. The number of fused-ring (bicyclic) bond motifs is 1. The number of hydrogen-bond acceptors (Lipinski definition) is 4. The summed E-state index contributed by atoms with van der Waals surface area (Å²) in [5, 5.41) is 0. The van der Waals surface area contributed by atoms with Gasteiger partial charge in [0.05, 0.1) is 17.1 Å². The summed E-state index contributed by atoms with van der Waals surface area (Å²) in [7, 11) is -1.96. The molecule has 0 saturated heterocycles. The SMILES string of the molecule is CC(=O)N1CCOc2ccc(S(=O)(=O)N(C)[C@@H]3CCC[C@@H](C)[C@@H]3C)cc21. The largest absolute Gasteiger partial charge is 0.490 e. The van der Waals surface area contributed by atoms with Crippen LogP contribution in [0.2, 0.25) is 0 Å². The molecular formula is C19H28N2O4S. The number of anilines is 1. The van der Waals surface area contributed by atoms with Gasteiger partial charge in [-0.1, -0.05) is 26.7 Å². The molecule has 1 saturated carbocycles. The predicted octanol–water partition coefficient (Wildman–Crippen LogP) is 2.88. The maximum atomic E-state index is 13.2. The van der Waals surface area contributed by atoms with Crippen molar-refractivity contribution in [2.75, 3.05) is 25.1 Å². The number of carbonyl (C=O) groups excluding carboxylic acids is 1. The van der Waals surface area contributed by atoms with Crippen molar-refractivity contribution in [3.63, 3.8) is 0 Å². The zero-order valence-corrected chi connectivity index (χ0v) is 16.8. The molecule has 1 fully saturated rings. The van der Waals surface area contributed by atoms with E-state index in [2.05, 4.69) is 13.8 Å². The highest BCUT2D eigenvalue weighted by Crippen LogP contribution is 2.37. The lowest BCUT2D eigenvalue weighted by Gasteiger charge is -2.39. The first-order chi connectivity index (χ1) is 12.2. The summed E-state index contributed by atoms with van der Waals surface area (Å²) in [5.41, 5.74) is 0.531. The van der Waals surface area contributed by atoms with Gasteiger partial charge in [0.15, 0.2) is 0 Å². The molecule has 1 aliphatic heterocycles. The van der Waals surface area contributed by atoms with Crippen molar-refractivity contribution < 1.29 is 17.9 Å². The lowest BCUT2D eigenvalue weighted by atomic mass is 9.78. The van der Waals surface area contributed by atoms with E-state index in [1.165, 1.54) is 11.2 Å². The van der Waals surface area contributed by atoms with Gasteiger partial charge >= 0.3 is 0 Å². The second-order valence-corrected chi connectivity index (χ2v) is 9.50. The Labute approximate surface area is 156 Å². The first-order valence-electron chi connectivity index (χ1n) is 9.26. The molecule has 1 heterocycles. The second-order valence-electron chi connectivity index (χ2n) is 7.50. The number of hydrogen-bond donors (Lipinski definition) is 0. The number of ether oxygens (including phenoxy) is 1. The third-order valence-corrected chi connectivity index (χ3v) is 7.86. The van der Waals surface area contributed by atoms with Gasteiger partial charge in [-0.05, 0) is 36.5 Å². The van der Waals surface area contributed by atoms with Crippen LogP contribution in [0.1, 0.15) is 40.0 Å². The molecule has 0 aromatic heterocycles. The van der Waals surface area contributed by atoms with Gasteiger partial charge < -0.3 is 9.64 Å². The quantitative estimate of drug-likeness (QED) is 0.809. The Morgan fingerprint density at radius 2 is 2.00 bits per heavy atom. The lowest BCUT2D eigenvalue weighted by molar-refractivity contribution is -0.116. The Morgan fingerprint density at radius 1 is 1.27 bits per heavy atom. The van der Waals surface area contributed by atoms with E-state index in [4.69, 9.17) is 4.74 Å². The van der Waals surface area contributed by atoms with Crippen molar-refractivity contribution in [2.45, 2.75) is 51.0 Å². The monoisotopic (exact) mass is 380 g/mol. The first-order valence-corrected chi connectivity index (χ1v) is 10.7. The number of benzene rings is 1. The van der Waals surface area contributed by atoms with E-state index in [1.807, 2.05) is 0 Å². The Hall–Kier alpha value is -1.60. The summed E-state index contributed by atoms with van der Waals surface area (Å²) >= 11 is 0. The van der Waals surface area contributed by atoms with Crippen LogP contribution in [-0.2, 0) is 14.8 Å². The molecule has 1 aromatic rings. The van der Waals surface area contributed by atoms with Crippen LogP contribution in [-0.4, -0.2) is 44.9 Å². The first kappa shape index (κ1) is 19.2. The smallest absolute Gasteiger partial charge is 0.243 e. The Bertz CT molecular complexity index is 793. The number of carbonyl (C=O) groups is 1. The Balaban J connectivity index is 1.95. The molecule has 1 aromatic carbocycles.